The van der Waals surface area contributed by atoms with E-state index in [4.69, 9.17) is 9.47 Å². The van der Waals surface area contributed by atoms with Crippen LogP contribution in [-0.4, -0.2) is 62.3 Å². The minimum atomic E-state index is 0.144. The number of methoxy groups -OCH3 is 1. The average molecular weight is 304 g/mol. The normalized spacial score (nSPS) is 25.0. The van der Waals surface area contributed by atoms with Crippen molar-refractivity contribution in [3.63, 3.8) is 0 Å². The molecule has 3 rings (SSSR count). The minimum absolute atomic E-state index is 0.144. The molecule has 1 atom stereocenters. The molecule has 1 unspecified atom stereocenters. The maximum Gasteiger partial charge on any atom is 0.118 e. The van der Waals surface area contributed by atoms with Crippen LogP contribution in [0.25, 0.3) is 0 Å². The molecule has 1 spiro atoms. The van der Waals surface area contributed by atoms with Crippen molar-refractivity contribution in [1.29, 1.82) is 0 Å². The molecule has 0 bridgehead atoms. The van der Waals surface area contributed by atoms with E-state index in [0.29, 0.717) is 6.04 Å². The Morgan fingerprint density at radius 2 is 1.91 bits per heavy atom. The van der Waals surface area contributed by atoms with E-state index in [0.717, 1.165) is 44.8 Å². The number of piperidine rings is 1. The lowest BCUT2D eigenvalue weighted by Crippen LogP contribution is -2.44. The van der Waals surface area contributed by atoms with Gasteiger partial charge < -0.3 is 14.4 Å². The van der Waals surface area contributed by atoms with Crippen LogP contribution in [0.3, 0.4) is 0 Å². The first-order chi connectivity index (χ1) is 10.6. The van der Waals surface area contributed by atoms with Crippen molar-refractivity contribution >= 4 is 0 Å². The van der Waals surface area contributed by atoms with E-state index in [2.05, 4.69) is 36.0 Å². The minimum Gasteiger partial charge on any atom is -0.497 e. The first-order valence-electron chi connectivity index (χ1n) is 8.26. The molecule has 0 N–H and O–H groups in total. The van der Waals surface area contributed by atoms with Crippen LogP contribution in [-0.2, 0) is 11.3 Å². The number of rotatable bonds is 4. The molecule has 0 radical (unpaired) electrons. The highest BCUT2D eigenvalue weighted by Gasteiger charge is 2.43. The van der Waals surface area contributed by atoms with Crippen LogP contribution in [0.2, 0.25) is 0 Å². The Labute approximate surface area is 134 Å². The molecule has 4 nitrogen and oxygen atoms in total. The monoisotopic (exact) mass is 304 g/mol. The third-order valence-electron chi connectivity index (χ3n) is 5.25. The molecule has 0 amide bonds. The van der Waals surface area contributed by atoms with Gasteiger partial charge in [-0.25, -0.2) is 0 Å². The van der Waals surface area contributed by atoms with E-state index in [1.807, 2.05) is 12.1 Å². The van der Waals surface area contributed by atoms with Gasteiger partial charge in [-0.3, -0.25) is 4.90 Å². The van der Waals surface area contributed by atoms with Crippen molar-refractivity contribution in [3.05, 3.63) is 29.8 Å². The Bertz CT molecular complexity index is 478. The predicted molar refractivity (Wildman–Crippen MR) is 88.3 cm³/mol. The SMILES string of the molecule is COc1ccc(CN2CCC3(CC2)CC(N(C)C)CO3)cc1. The molecule has 2 aliphatic rings. The highest BCUT2D eigenvalue weighted by molar-refractivity contribution is 5.27. The van der Waals surface area contributed by atoms with E-state index in [9.17, 15) is 0 Å². The smallest absolute Gasteiger partial charge is 0.118 e. The van der Waals surface area contributed by atoms with E-state index < -0.39 is 0 Å². The molecular weight excluding hydrogens is 276 g/mol. The average Bonchev–Trinajstić information content (AvgIpc) is 2.95. The highest BCUT2D eigenvalue weighted by atomic mass is 16.5. The van der Waals surface area contributed by atoms with Gasteiger partial charge >= 0.3 is 0 Å². The Balaban J connectivity index is 1.51. The lowest BCUT2D eigenvalue weighted by atomic mass is 9.87. The number of likely N-dealkylation sites (N-methyl/N-ethyl adjacent to an activating group) is 1. The zero-order chi connectivity index (χ0) is 15.6. The molecule has 2 saturated heterocycles. The fourth-order valence-corrected chi connectivity index (χ4v) is 3.61. The lowest BCUT2D eigenvalue weighted by Gasteiger charge is -2.39. The highest BCUT2D eigenvalue weighted by Crippen LogP contribution is 2.37. The third kappa shape index (κ3) is 3.45. The van der Waals surface area contributed by atoms with E-state index >= 15 is 0 Å². The number of hydrogen-bond acceptors (Lipinski definition) is 4. The summed E-state index contributed by atoms with van der Waals surface area (Å²) in [5.74, 6) is 0.926. The van der Waals surface area contributed by atoms with Crippen LogP contribution < -0.4 is 4.74 Å². The quantitative estimate of drug-likeness (QED) is 0.853. The molecule has 22 heavy (non-hydrogen) atoms. The zero-order valence-corrected chi connectivity index (χ0v) is 14.0. The van der Waals surface area contributed by atoms with Crippen molar-refractivity contribution in [2.45, 2.75) is 37.5 Å². The van der Waals surface area contributed by atoms with Crippen LogP contribution in [0.5, 0.6) is 5.75 Å². The maximum atomic E-state index is 6.20. The first kappa shape index (κ1) is 15.8. The van der Waals surface area contributed by atoms with Crippen molar-refractivity contribution in [2.75, 3.05) is 40.9 Å². The standard InChI is InChI=1S/C18H28N2O2/c1-19(2)16-12-18(22-14-16)8-10-20(11-9-18)13-15-4-6-17(21-3)7-5-15/h4-7,16H,8-14H2,1-3H3. The summed E-state index contributed by atoms with van der Waals surface area (Å²) in [4.78, 5) is 4.85. The van der Waals surface area contributed by atoms with Gasteiger partial charge in [0.05, 0.1) is 19.3 Å². The molecule has 2 heterocycles. The summed E-state index contributed by atoms with van der Waals surface area (Å²) >= 11 is 0. The number of hydrogen-bond donors (Lipinski definition) is 0. The van der Waals surface area contributed by atoms with Gasteiger partial charge in [0.2, 0.25) is 0 Å². The molecule has 122 valence electrons. The summed E-state index contributed by atoms with van der Waals surface area (Å²) in [7, 11) is 6.03. The predicted octanol–water partition coefficient (Wildman–Crippen LogP) is 2.38. The van der Waals surface area contributed by atoms with Crippen molar-refractivity contribution in [1.82, 2.24) is 9.80 Å². The van der Waals surface area contributed by atoms with Crippen LogP contribution in [0.1, 0.15) is 24.8 Å². The molecule has 0 saturated carbocycles. The Morgan fingerprint density at radius 1 is 1.23 bits per heavy atom. The van der Waals surface area contributed by atoms with Crippen molar-refractivity contribution in [2.24, 2.45) is 0 Å². The third-order valence-corrected chi connectivity index (χ3v) is 5.25. The Morgan fingerprint density at radius 3 is 2.45 bits per heavy atom. The van der Waals surface area contributed by atoms with Gasteiger partial charge in [-0.1, -0.05) is 12.1 Å². The van der Waals surface area contributed by atoms with E-state index in [1.165, 1.54) is 12.0 Å². The number of benzene rings is 1. The molecule has 1 aromatic carbocycles. The fraction of sp³-hybridized carbons (Fsp3) is 0.667. The Hall–Kier alpha value is -1.10. The molecule has 4 heteroatoms. The second kappa shape index (κ2) is 6.57. The van der Waals surface area contributed by atoms with E-state index in [-0.39, 0.29) is 5.60 Å². The molecule has 1 aromatic rings. The second-order valence-electron chi connectivity index (χ2n) is 6.94. The van der Waals surface area contributed by atoms with Crippen LogP contribution in [0.4, 0.5) is 0 Å². The van der Waals surface area contributed by atoms with Crippen molar-refractivity contribution < 1.29 is 9.47 Å². The van der Waals surface area contributed by atoms with Crippen LogP contribution in [0.15, 0.2) is 24.3 Å². The van der Waals surface area contributed by atoms with Crippen LogP contribution >= 0.6 is 0 Å². The van der Waals surface area contributed by atoms with Gasteiger partial charge in [0.15, 0.2) is 0 Å². The van der Waals surface area contributed by atoms with Gasteiger partial charge in [0, 0.05) is 25.7 Å². The van der Waals surface area contributed by atoms with Gasteiger partial charge in [-0.05, 0) is 51.1 Å². The summed E-state index contributed by atoms with van der Waals surface area (Å²) in [5, 5.41) is 0. The zero-order valence-electron chi connectivity index (χ0n) is 14.0. The molecule has 2 aliphatic heterocycles. The van der Waals surface area contributed by atoms with Gasteiger partial charge in [0.1, 0.15) is 5.75 Å². The van der Waals surface area contributed by atoms with Gasteiger partial charge in [-0.2, -0.15) is 0 Å². The van der Waals surface area contributed by atoms with E-state index in [1.54, 1.807) is 7.11 Å². The lowest BCUT2D eigenvalue weighted by molar-refractivity contribution is -0.0451. The molecule has 0 aliphatic carbocycles. The Kier molecular flexibility index (Phi) is 4.71. The molecule has 2 fully saturated rings. The van der Waals surface area contributed by atoms with Gasteiger partial charge in [0.25, 0.3) is 0 Å². The summed E-state index contributed by atoms with van der Waals surface area (Å²) in [6.07, 6.45) is 3.51. The first-order valence-corrected chi connectivity index (χ1v) is 8.26. The number of likely N-dealkylation sites (tertiary alicyclic amines) is 1. The maximum absolute atomic E-state index is 6.20. The molecule has 0 aromatic heterocycles. The topological polar surface area (TPSA) is 24.9 Å². The van der Waals surface area contributed by atoms with Crippen molar-refractivity contribution in [3.8, 4) is 5.75 Å². The number of nitrogens with zero attached hydrogens (tertiary/aromatic N) is 2. The van der Waals surface area contributed by atoms with Crippen LogP contribution in [0, 0.1) is 0 Å². The molecular formula is C18H28N2O2. The summed E-state index contributed by atoms with van der Waals surface area (Å²) in [6, 6.07) is 9.01. The fourth-order valence-electron chi connectivity index (χ4n) is 3.61. The summed E-state index contributed by atoms with van der Waals surface area (Å²) < 4.78 is 11.4. The largest absolute Gasteiger partial charge is 0.497 e. The summed E-state index contributed by atoms with van der Waals surface area (Å²) in [6.45, 7) is 4.18. The summed E-state index contributed by atoms with van der Waals surface area (Å²) in [5.41, 5.74) is 1.50. The second-order valence-corrected chi connectivity index (χ2v) is 6.94. The number of ether oxygens (including phenoxy) is 2. The van der Waals surface area contributed by atoms with Gasteiger partial charge in [-0.15, -0.1) is 0 Å².